The van der Waals surface area contributed by atoms with Crippen LogP contribution in [0.15, 0.2) is 0 Å². The Morgan fingerprint density at radius 3 is 2.50 bits per heavy atom. The molecule has 1 fully saturated rings. The maximum absolute atomic E-state index is 10.5. The SMILES string of the molecule is N[C@@H](CC1CCC(O)C(O)C1)C(=O)O. The molecule has 0 heterocycles. The van der Waals surface area contributed by atoms with Crippen molar-refractivity contribution in [2.45, 2.75) is 43.9 Å². The van der Waals surface area contributed by atoms with Crippen molar-refractivity contribution in [3.8, 4) is 0 Å². The summed E-state index contributed by atoms with van der Waals surface area (Å²) in [5.74, 6) is -0.898. The van der Waals surface area contributed by atoms with Gasteiger partial charge in [0.15, 0.2) is 0 Å². The zero-order valence-electron chi connectivity index (χ0n) is 7.97. The van der Waals surface area contributed by atoms with Gasteiger partial charge in [-0.25, -0.2) is 0 Å². The minimum absolute atomic E-state index is 0.111. The zero-order chi connectivity index (χ0) is 10.7. The molecule has 0 amide bonds. The van der Waals surface area contributed by atoms with Gasteiger partial charge in [-0.1, -0.05) is 0 Å². The van der Waals surface area contributed by atoms with Gasteiger partial charge in [0, 0.05) is 0 Å². The first-order valence-corrected chi connectivity index (χ1v) is 4.85. The Morgan fingerprint density at radius 2 is 2.00 bits per heavy atom. The summed E-state index contributed by atoms with van der Waals surface area (Å²) in [7, 11) is 0. The van der Waals surface area contributed by atoms with Crippen LogP contribution < -0.4 is 5.73 Å². The van der Waals surface area contributed by atoms with Gasteiger partial charge >= 0.3 is 5.97 Å². The molecule has 14 heavy (non-hydrogen) atoms. The molecule has 0 bridgehead atoms. The lowest BCUT2D eigenvalue weighted by molar-refractivity contribution is -0.139. The fourth-order valence-electron chi connectivity index (χ4n) is 1.89. The van der Waals surface area contributed by atoms with Crippen LogP contribution in [0.1, 0.15) is 25.7 Å². The van der Waals surface area contributed by atoms with E-state index >= 15 is 0 Å². The van der Waals surface area contributed by atoms with Gasteiger partial charge in [0.25, 0.3) is 0 Å². The molecular weight excluding hydrogens is 186 g/mol. The number of aliphatic carboxylic acids is 1. The Labute approximate surface area is 82.5 Å². The van der Waals surface area contributed by atoms with Gasteiger partial charge in [0.1, 0.15) is 6.04 Å². The number of carboxylic acid groups (broad SMARTS) is 1. The van der Waals surface area contributed by atoms with Crippen LogP contribution in [0.5, 0.6) is 0 Å². The molecule has 3 unspecified atom stereocenters. The maximum atomic E-state index is 10.5. The van der Waals surface area contributed by atoms with E-state index in [1.54, 1.807) is 0 Å². The fourth-order valence-corrected chi connectivity index (χ4v) is 1.89. The minimum Gasteiger partial charge on any atom is -0.480 e. The highest BCUT2D eigenvalue weighted by molar-refractivity contribution is 5.73. The van der Waals surface area contributed by atoms with Crippen molar-refractivity contribution in [2.75, 3.05) is 0 Å². The van der Waals surface area contributed by atoms with Crippen LogP contribution in [0.3, 0.4) is 0 Å². The first-order valence-electron chi connectivity index (χ1n) is 4.85. The van der Waals surface area contributed by atoms with Crippen LogP contribution in [-0.2, 0) is 4.79 Å². The topological polar surface area (TPSA) is 104 Å². The summed E-state index contributed by atoms with van der Waals surface area (Å²) in [4.78, 5) is 10.5. The van der Waals surface area contributed by atoms with Crippen LogP contribution in [0.25, 0.3) is 0 Å². The second-order valence-corrected chi connectivity index (χ2v) is 3.99. The summed E-state index contributed by atoms with van der Waals surface area (Å²) < 4.78 is 0. The van der Waals surface area contributed by atoms with Crippen LogP contribution in [0.4, 0.5) is 0 Å². The highest BCUT2D eigenvalue weighted by atomic mass is 16.4. The predicted molar refractivity (Wildman–Crippen MR) is 49.6 cm³/mol. The highest BCUT2D eigenvalue weighted by Crippen LogP contribution is 2.27. The molecule has 4 atom stereocenters. The molecule has 0 aromatic carbocycles. The largest absolute Gasteiger partial charge is 0.480 e. The van der Waals surface area contributed by atoms with Crippen molar-refractivity contribution in [3.05, 3.63) is 0 Å². The van der Waals surface area contributed by atoms with Crippen LogP contribution in [0, 0.1) is 5.92 Å². The van der Waals surface area contributed by atoms with Gasteiger partial charge in [-0.15, -0.1) is 0 Å². The normalized spacial score (nSPS) is 35.2. The molecule has 0 radical (unpaired) electrons. The lowest BCUT2D eigenvalue weighted by Crippen LogP contribution is -2.38. The molecule has 0 aliphatic heterocycles. The number of rotatable bonds is 3. The van der Waals surface area contributed by atoms with E-state index in [-0.39, 0.29) is 5.92 Å². The van der Waals surface area contributed by atoms with E-state index in [1.165, 1.54) is 0 Å². The third-order valence-corrected chi connectivity index (χ3v) is 2.79. The summed E-state index contributed by atoms with van der Waals surface area (Å²) in [6.45, 7) is 0. The Bertz CT molecular complexity index is 209. The Kier molecular flexibility index (Phi) is 3.86. The maximum Gasteiger partial charge on any atom is 0.320 e. The molecule has 82 valence electrons. The third-order valence-electron chi connectivity index (χ3n) is 2.79. The van der Waals surface area contributed by atoms with Crippen molar-refractivity contribution in [1.82, 2.24) is 0 Å². The van der Waals surface area contributed by atoms with Crippen LogP contribution in [0.2, 0.25) is 0 Å². The van der Waals surface area contributed by atoms with E-state index in [2.05, 4.69) is 0 Å². The average Bonchev–Trinajstić information content (AvgIpc) is 2.11. The molecule has 5 heteroatoms. The van der Waals surface area contributed by atoms with Crippen molar-refractivity contribution in [1.29, 1.82) is 0 Å². The molecule has 0 aromatic rings. The molecule has 0 aromatic heterocycles. The van der Waals surface area contributed by atoms with Gasteiger partial charge in [0.05, 0.1) is 12.2 Å². The first-order chi connectivity index (χ1) is 6.50. The van der Waals surface area contributed by atoms with Crippen LogP contribution in [-0.4, -0.2) is 39.5 Å². The lowest BCUT2D eigenvalue weighted by Gasteiger charge is -2.30. The van der Waals surface area contributed by atoms with Gasteiger partial charge in [0.2, 0.25) is 0 Å². The smallest absolute Gasteiger partial charge is 0.320 e. The lowest BCUT2D eigenvalue weighted by atomic mass is 9.82. The predicted octanol–water partition coefficient (Wildman–Crippen LogP) is -0.690. The van der Waals surface area contributed by atoms with E-state index < -0.39 is 24.2 Å². The number of aliphatic hydroxyl groups is 2. The summed E-state index contributed by atoms with van der Waals surface area (Å²) in [6.07, 6.45) is 0.695. The highest BCUT2D eigenvalue weighted by Gasteiger charge is 2.29. The Hall–Kier alpha value is -0.650. The number of aliphatic hydroxyl groups excluding tert-OH is 2. The second kappa shape index (κ2) is 4.72. The number of hydrogen-bond acceptors (Lipinski definition) is 4. The van der Waals surface area contributed by atoms with Crippen molar-refractivity contribution in [2.24, 2.45) is 11.7 Å². The molecule has 1 saturated carbocycles. The molecule has 1 aliphatic carbocycles. The van der Waals surface area contributed by atoms with Crippen molar-refractivity contribution >= 4 is 5.97 Å². The molecule has 5 N–H and O–H groups in total. The molecule has 1 rings (SSSR count). The van der Waals surface area contributed by atoms with E-state index in [0.29, 0.717) is 19.3 Å². The monoisotopic (exact) mass is 203 g/mol. The fraction of sp³-hybridized carbons (Fsp3) is 0.889. The number of nitrogens with two attached hydrogens (primary N) is 1. The van der Waals surface area contributed by atoms with Gasteiger partial charge in [-0.05, 0) is 31.6 Å². The van der Waals surface area contributed by atoms with Gasteiger partial charge in [-0.3, -0.25) is 4.79 Å². The first kappa shape index (κ1) is 11.4. The molecule has 0 saturated heterocycles. The third kappa shape index (κ3) is 2.94. The molecule has 0 spiro atoms. The second-order valence-electron chi connectivity index (χ2n) is 3.99. The molecular formula is C9H17NO4. The van der Waals surface area contributed by atoms with Crippen LogP contribution >= 0.6 is 0 Å². The van der Waals surface area contributed by atoms with E-state index in [1.807, 2.05) is 0 Å². The zero-order valence-corrected chi connectivity index (χ0v) is 7.97. The number of hydrogen-bond donors (Lipinski definition) is 4. The molecule has 1 aliphatic rings. The molecule has 5 nitrogen and oxygen atoms in total. The summed E-state index contributed by atoms with van der Waals surface area (Å²) in [5.41, 5.74) is 5.38. The summed E-state index contributed by atoms with van der Waals surface area (Å²) >= 11 is 0. The van der Waals surface area contributed by atoms with Crippen molar-refractivity contribution in [3.63, 3.8) is 0 Å². The van der Waals surface area contributed by atoms with E-state index in [9.17, 15) is 15.0 Å². The van der Waals surface area contributed by atoms with Gasteiger partial charge < -0.3 is 21.1 Å². The van der Waals surface area contributed by atoms with Gasteiger partial charge in [-0.2, -0.15) is 0 Å². The number of carboxylic acids is 1. The summed E-state index contributed by atoms with van der Waals surface area (Å²) in [5, 5.41) is 27.2. The van der Waals surface area contributed by atoms with Crippen molar-refractivity contribution < 1.29 is 20.1 Å². The average molecular weight is 203 g/mol. The Balaban J connectivity index is 2.36. The quantitative estimate of drug-likeness (QED) is 0.486. The minimum atomic E-state index is -1.01. The van der Waals surface area contributed by atoms with E-state index in [0.717, 1.165) is 6.42 Å². The standard InChI is InChI=1S/C9H17NO4/c10-6(9(13)14)3-5-1-2-7(11)8(12)4-5/h5-8,11-12H,1-4,10H2,(H,13,14)/t5?,6-,7?,8?/m0/s1. The van der Waals surface area contributed by atoms with E-state index in [4.69, 9.17) is 10.8 Å². The number of carbonyl (C=O) groups is 1. The summed E-state index contributed by atoms with van der Waals surface area (Å²) in [6, 6.07) is -0.859. The Morgan fingerprint density at radius 1 is 1.36 bits per heavy atom.